The first-order chi connectivity index (χ1) is 8.56. The molecule has 0 bridgehead atoms. The Morgan fingerprint density at radius 1 is 1.17 bits per heavy atom. The average molecular weight is 280 g/mol. The van der Waals surface area contributed by atoms with Gasteiger partial charge in [-0.25, -0.2) is 0 Å². The lowest BCUT2D eigenvalue weighted by atomic mass is 10.2. The zero-order chi connectivity index (χ0) is 13.1. The quantitative estimate of drug-likeness (QED) is 0.874. The predicted octanol–water partition coefficient (Wildman–Crippen LogP) is 3.54. The molecule has 2 aromatic carbocycles. The van der Waals surface area contributed by atoms with E-state index >= 15 is 0 Å². The molecule has 1 atom stereocenters. The smallest absolute Gasteiger partial charge is 0.0635 e. The van der Waals surface area contributed by atoms with Gasteiger partial charge in [0, 0.05) is 4.90 Å². The first-order valence-corrected chi connectivity index (χ1v) is 7.25. The molecule has 0 aromatic heterocycles. The molecule has 4 heteroatoms. The van der Waals surface area contributed by atoms with E-state index in [4.69, 9.17) is 17.3 Å². The summed E-state index contributed by atoms with van der Waals surface area (Å²) in [5, 5.41) is 0.528. The van der Waals surface area contributed by atoms with Crippen LogP contribution in [-0.2, 0) is 16.6 Å². The second-order valence-corrected chi connectivity index (χ2v) is 6.02. The number of hydrogen-bond donors (Lipinski definition) is 1. The number of aryl methyl sites for hydroxylation is 1. The van der Waals surface area contributed by atoms with Crippen LogP contribution in [0.3, 0.4) is 0 Å². The molecule has 1 unspecified atom stereocenters. The number of anilines is 1. The molecular formula is C14H14ClNOS. The Balaban J connectivity index is 2.16. The Kier molecular flexibility index (Phi) is 4.04. The third-order valence-corrected chi connectivity index (χ3v) is 4.38. The van der Waals surface area contributed by atoms with Crippen LogP contribution in [0.5, 0.6) is 0 Å². The minimum Gasteiger partial charge on any atom is -0.398 e. The zero-order valence-electron chi connectivity index (χ0n) is 10.0. The molecule has 0 aliphatic rings. The van der Waals surface area contributed by atoms with Crippen LogP contribution in [0.2, 0.25) is 5.02 Å². The molecule has 0 amide bonds. The van der Waals surface area contributed by atoms with Crippen LogP contribution in [0.25, 0.3) is 0 Å². The summed E-state index contributed by atoms with van der Waals surface area (Å²) in [6, 6.07) is 13.1. The summed E-state index contributed by atoms with van der Waals surface area (Å²) in [4.78, 5) is 0.828. The fraction of sp³-hybridized carbons (Fsp3) is 0.143. The van der Waals surface area contributed by atoms with Gasteiger partial charge >= 0.3 is 0 Å². The van der Waals surface area contributed by atoms with Crippen molar-refractivity contribution in [3.05, 3.63) is 58.6 Å². The van der Waals surface area contributed by atoms with E-state index in [1.807, 2.05) is 37.3 Å². The molecule has 2 nitrogen and oxygen atoms in total. The molecule has 0 saturated carbocycles. The van der Waals surface area contributed by atoms with Gasteiger partial charge in [-0.3, -0.25) is 4.21 Å². The molecule has 2 rings (SSSR count). The molecule has 0 aliphatic heterocycles. The summed E-state index contributed by atoms with van der Waals surface area (Å²) in [6.45, 7) is 2.01. The maximum absolute atomic E-state index is 12.2. The SMILES string of the molecule is Cc1ccc(S(=O)Cc2ccc(Cl)c(N)c2)cc1. The van der Waals surface area contributed by atoms with Crippen molar-refractivity contribution in [2.75, 3.05) is 5.73 Å². The van der Waals surface area contributed by atoms with E-state index in [1.165, 1.54) is 0 Å². The molecule has 0 saturated heterocycles. The van der Waals surface area contributed by atoms with Crippen molar-refractivity contribution in [2.24, 2.45) is 0 Å². The molecular weight excluding hydrogens is 266 g/mol. The molecule has 0 spiro atoms. The monoisotopic (exact) mass is 279 g/mol. The number of benzene rings is 2. The van der Waals surface area contributed by atoms with Crippen molar-refractivity contribution in [1.29, 1.82) is 0 Å². The van der Waals surface area contributed by atoms with E-state index < -0.39 is 10.8 Å². The topological polar surface area (TPSA) is 43.1 Å². The Morgan fingerprint density at radius 3 is 2.44 bits per heavy atom. The van der Waals surface area contributed by atoms with Gasteiger partial charge in [0.05, 0.1) is 27.3 Å². The van der Waals surface area contributed by atoms with Gasteiger partial charge in [0.2, 0.25) is 0 Å². The van der Waals surface area contributed by atoms with Crippen LogP contribution >= 0.6 is 11.6 Å². The van der Waals surface area contributed by atoms with Crippen molar-refractivity contribution in [2.45, 2.75) is 17.6 Å². The summed E-state index contributed by atoms with van der Waals surface area (Å²) in [7, 11) is -1.06. The van der Waals surface area contributed by atoms with Crippen molar-refractivity contribution in [3.63, 3.8) is 0 Å². The van der Waals surface area contributed by atoms with E-state index in [0.717, 1.165) is 16.0 Å². The van der Waals surface area contributed by atoms with Crippen molar-refractivity contribution < 1.29 is 4.21 Å². The average Bonchev–Trinajstić information content (AvgIpc) is 2.34. The molecule has 0 radical (unpaired) electrons. The minimum absolute atomic E-state index is 0.449. The van der Waals surface area contributed by atoms with E-state index in [1.54, 1.807) is 12.1 Å². The third kappa shape index (κ3) is 3.12. The van der Waals surface area contributed by atoms with Crippen LogP contribution < -0.4 is 5.73 Å². The molecule has 0 heterocycles. The Hall–Kier alpha value is -1.32. The van der Waals surface area contributed by atoms with Crippen LogP contribution in [0.15, 0.2) is 47.4 Å². The van der Waals surface area contributed by atoms with E-state index in [9.17, 15) is 4.21 Å². The zero-order valence-corrected chi connectivity index (χ0v) is 11.6. The number of nitrogens with two attached hydrogens (primary N) is 1. The van der Waals surface area contributed by atoms with E-state index in [0.29, 0.717) is 16.5 Å². The highest BCUT2D eigenvalue weighted by Crippen LogP contribution is 2.21. The molecule has 2 aromatic rings. The van der Waals surface area contributed by atoms with Crippen LogP contribution in [0, 0.1) is 6.92 Å². The van der Waals surface area contributed by atoms with Crippen LogP contribution in [0.1, 0.15) is 11.1 Å². The first-order valence-electron chi connectivity index (χ1n) is 5.55. The highest BCUT2D eigenvalue weighted by molar-refractivity contribution is 7.84. The summed E-state index contributed by atoms with van der Waals surface area (Å²) >= 11 is 5.85. The lowest BCUT2D eigenvalue weighted by molar-refractivity contribution is 0.682. The Bertz CT molecular complexity index is 581. The summed E-state index contributed by atoms with van der Waals surface area (Å²) in [6.07, 6.45) is 0. The summed E-state index contributed by atoms with van der Waals surface area (Å²) in [5.41, 5.74) is 8.33. The highest BCUT2D eigenvalue weighted by Gasteiger charge is 2.06. The Labute approximate surface area is 114 Å². The second kappa shape index (κ2) is 5.55. The Morgan fingerprint density at radius 2 is 1.83 bits per heavy atom. The fourth-order valence-electron chi connectivity index (χ4n) is 1.61. The normalized spacial score (nSPS) is 12.3. The standard InChI is InChI=1S/C14H14ClNOS/c1-10-2-5-12(6-3-10)18(17)9-11-4-7-13(15)14(16)8-11/h2-8H,9,16H2,1H3. The van der Waals surface area contributed by atoms with Gasteiger partial charge < -0.3 is 5.73 Å². The van der Waals surface area contributed by atoms with Gasteiger partial charge in [-0.2, -0.15) is 0 Å². The van der Waals surface area contributed by atoms with Crippen molar-refractivity contribution >= 4 is 28.1 Å². The maximum Gasteiger partial charge on any atom is 0.0635 e. The van der Waals surface area contributed by atoms with Gasteiger partial charge in [0.15, 0.2) is 0 Å². The fourth-order valence-corrected chi connectivity index (χ4v) is 2.81. The molecule has 0 fully saturated rings. The van der Waals surface area contributed by atoms with E-state index in [2.05, 4.69) is 0 Å². The van der Waals surface area contributed by atoms with Crippen LogP contribution in [-0.4, -0.2) is 4.21 Å². The van der Waals surface area contributed by atoms with Gasteiger partial charge in [-0.1, -0.05) is 35.4 Å². The van der Waals surface area contributed by atoms with Gasteiger partial charge in [0.1, 0.15) is 0 Å². The molecule has 2 N–H and O–H groups in total. The number of rotatable bonds is 3. The molecule has 94 valence electrons. The van der Waals surface area contributed by atoms with Gasteiger partial charge in [0.25, 0.3) is 0 Å². The third-order valence-electron chi connectivity index (χ3n) is 2.64. The van der Waals surface area contributed by atoms with E-state index in [-0.39, 0.29) is 0 Å². The largest absolute Gasteiger partial charge is 0.398 e. The minimum atomic E-state index is -1.06. The van der Waals surface area contributed by atoms with Crippen molar-refractivity contribution in [1.82, 2.24) is 0 Å². The molecule has 0 aliphatic carbocycles. The summed E-state index contributed by atoms with van der Waals surface area (Å²) < 4.78 is 12.2. The second-order valence-electron chi connectivity index (χ2n) is 4.16. The lowest BCUT2D eigenvalue weighted by Gasteiger charge is -2.05. The first kappa shape index (κ1) is 13.1. The molecule has 18 heavy (non-hydrogen) atoms. The highest BCUT2D eigenvalue weighted by atomic mass is 35.5. The number of nitrogen functional groups attached to an aromatic ring is 1. The lowest BCUT2D eigenvalue weighted by Crippen LogP contribution is -1.98. The summed E-state index contributed by atoms with van der Waals surface area (Å²) in [5.74, 6) is 0.449. The number of halogens is 1. The van der Waals surface area contributed by atoms with Gasteiger partial charge in [-0.15, -0.1) is 0 Å². The predicted molar refractivity (Wildman–Crippen MR) is 77.2 cm³/mol. The van der Waals surface area contributed by atoms with Crippen molar-refractivity contribution in [3.8, 4) is 0 Å². The maximum atomic E-state index is 12.2. The van der Waals surface area contributed by atoms with Crippen LogP contribution in [0.4, 0.5) is 5.69 Å². The number of hydrogen-bond acceptors (Lipinski definition) is 2. The van der Waals surface area contributed by atoms with Gasteiger partial charge in [-0.05, 0) is 36.8 Å².